The minimum atomic E-state index is -3.77. The number of sulfonamides is 1. The normalized spacial score (nSPS) is 12.2. The molecule has 2 N–H and O–H groups in total. The maximum atomic E-state index is 12.5. The van der Waals surface area contributed by atoms with Gasteiger partial charge < -0.3 is 9.73 Å². The second-order valence-corrected chi connectivity index (χ2v) is 7.89. The Morgan fingerprint density at radius 3 is 2.35 bits per heavy atom. The van der Waals surface area contributed by atoms with Crippen molar-refractivity contribution in [1.82, 2.24) is 4.72 Å². The molecule has 0 radical (unpaired) electrons. The average molecular weight is 336 g/mol. The van der Waals surface area contributed by atoms with Gasteiger partial charge in [-0.1, -0.05) is 12.1 Å². The Hall–Kier alpha value is -2.12. The molecule has 1 aromatic heterocycles. The number of anilines is 1. The lowest BCUT2D eigenvalue weighted by molar-refractivity contribution is 0.0995. The van der Waals surface area contributed by atoms with Gasteiger partial charge in [-0.2, -0.15) is 0 Å². The molecule has 7 heteroatoms. The van der Waals surface area contributed by atoms with Crippen LogP contribution in [0.4, 0.5) is 5.69 Å². The van der Waals surface area contributed by atoms with Gasteiger partial charge in [0.1, 0.15) is 4.90 Å². The number of nitrogens with one attached hydrogen (secondary N) is 2. The van der Waals surface area contributed by atoms with E-state index in [1.54, 1.807) is 45.9 Å². The first-order valence-electron chi connectivity index (χ1n) is 7.08. The Balaban J connectivity index is 2.35. The summed E-state index contributed by atoms with van der Waals surface area (Å²) in [5.74, 6) is -0.341. The number of amides is 1. The second kappa shape index (κ2) is 6.17. The zero-order chi connectivity index (χ0) is 17.3. The first-order valence-corrected chi connectivity index (χ1v) is 8.57. The fourth-order valence-corrected chi connectivity index (χ4v) is 3.63. The van der Waals surface area contributed by atoms with Gasteiger partial charge in [0.05, 0.1) is 12.0 Å². The Morgan fingerprint density at radius 2 is 1.78 bits per heavy atom. The third-order valence-electron chi connectivity index (χ3n) is 2.93. The van der Waals surface area contributed by atoms with Crippen molar-refractivity contribution in [1.29, 1.82) is 0 Å². The summed E-state index contributed by atoms with van der Waals surface area (Å²) in [5.41, 5.74) is 0.244. The summed E-state index contributed by atoms with van der Waals surface area (Å²) < 4.78 is 32.7. The highest BCUT2D eigenvalue weighted by atomic mass is 32.2. The van der Waals surface area contributed by atoms with Gasteiger partial charge in [0.25, 0.3) is 5.91 Å². The zero-order valence-electron chi connectivity index (χ0n) is 13.5. The number of benzene rings is 1. The van der Waals surface area contributed by atoms with Crippen LogP contribution in [0.15, 0.2) is 45.9 Å². The summed E-state index contributed by atoms with van der Waals surface area (Å²) in [6.07, 6.45) is 1.41. The van der Waals surface area contributed by atoms with Crippen molar-refractivity contribution < 1.29 is 17.6 Å². The van der Waals surface area contributed by atoms with E-state index in [4.69, 9.17) is 4.42 Å². The Kier molecular flexibility index (Phi) is 4.63. The molecule has 1 amide bonds. The fraction of sp³-hybridized carbons (Fsp3) is 0.312. The molecule has 0 aliphatic heterocycles. The van der Waals surface area contributed by atoms with Crippen molar-refractivity contribution in [3.63, 3.8) is 0 Å². The number of aryl methyl sites for hydroxylation is 1. The highest BCUT2D eigenvalue weighted by molar-refractivity contribution is 7.89. The quantitative estimate of drug-likeness (QED) is 0.898. The number of furan rings is 1. The van der Waals surface area contributed by atoms with Gasteiger partial charge in [0.15, 0.2) is 5.76 Å². The number of hydrogen-bond donors (Lipinski definition) is 2. The van der Waals surface area contributed by atoms with Gasteiger partial charge >= 0.3 is 0 Å². The van der Waals surface area contributed by atoms with Crippen LogP contribution in [0.25, 0.3) is 0 Å². The Bertz CT molecular complexity index is 817. The highest BCUT2D eigenvalue weighted by Crippen LogP contribution is 2.23. The third kappa shape index (κ3) is 4.20. The van der Waals surface area contributed by atoms with E-state index in [1.807, 2.05) is 0 Å². The highest BCUT2D eigenvalue weighted by Gasteiger charge is 2.25. The number of hydrogen-bond acceptors (Lipinski definition) is 4. The minimum Gasteiger partial charge on any atom is -0.459 e. The van der Waals surface area contributed by atoms with E-state index >= 15 is 0 Å². The fourth-order valence-electron chi connectivity index (χ4n) is 2.05. The molecule has 0 saturated carbocycles. The topological polar surface area (TPSA) is 88.4 Å². The van der Waals surface area contributed by atoms with E-state index in [0.717, 1.165) is 0 Å². The van der Waals surface area contributed by atoms with Crippen LogP contribution in [0.5, 0.6) is 0 Å². The van der Waals surface area contributed by atoms with E-state index in [0.29, 0.717) is 5.56 Å². The first kappa shape index (κ1) is 17.2. The lowest BCUT2D eigenvalue weighted by atomic mass is 10.1. The summed E-state index contributed by atoms with van der Waals surface area (Å²) in [6, 6.07) is 7.90. The molecule has 1 heterocycles. The lowest BCUT2D eigenvalue weighted by Gasteiger charge is -2.21. The van der Waals surface area contributed by atoms with Crippen LogP contribution in [-0.2, 0) is 10.0 Å². The molecule has 124 valence electrons. The summed E-state index contributed by atoms with van der Waals surface area (Å²) in [6.45, 7) is 6.98. The van der Waals surface area contributed by atoms with Crippen molar-refractivity contribution >= 4 is 21.6 Å². The molecule has 0 unspecified atom stereocenters. The van der Waals surface area contributed by atoms with Crippen molar-refractivity contribution in [2.45, 2.75) is 38.1 Å². The molecule has 23 heavy (non-hydrogen) atoms. The van der Waals surface area contributed by atoms with Crippen LogP contribution in [0, 0.1) is 6.92 Å². The SMILES string of the molecule is Cc1ccoc1C(=O)Nc1ccccc1S(=O)(=O)NC(C)(C)C. The van der Waals surface area contributed by atoms with Crippen molar-refractivity contribution in [3.8, 4) is 0 Å². The van der Waals surface area contributed by atoms with Crippen LogP contribution in [0.2, 0.25) is 0 Å². The summed E-state index contributed by atoms with van der Waals surface area (Å²) in [4.78, 5) is 12.2. The molecule has 2 aromatic rings. The molecular formula is C16H20N2O4S. The molecular weight excluding hydrogens is 316 g/mol. The maximum absolute atomic E-state index is 12.5. The molecule has 1 aromatic carbocycles. The monoisotopic (exact) mass is 336 g/mol. The smallest absolute Gasteiger partial charge is 0.291 e. The predicted molar refractivity (Wildman–Crippen MR) is 87.9 cm³/mol. The molecule has 0 saturated heterocycles. The van der Waals surface area contributed by atoms with E-state index in [2.05, 4.69) is 10.0 Å². The molecule has 0 aliphatic carbocycles. The molecule has 6 nitrogen and oxygen atoms in total. The van der Waals surface area contributed by atoms with Crippen LogP contribution in [0.1, 0.15) is 36.9 Å². The van der Waals surface area contributed by atoms with Crippen LogP contribution in [-0.4, -0.2) is 19.9 Å². The number of carbonyl (C=O) groups is 1. The van der Waals surface area contributed by atoms with E-state index < -0.39 is 21.5 Å². The molecule has 0 bridgehead atoms. The van der Waals surface area contributed by atoms with Gasteiger partial charge in [-0.25, -0.2) is 13.1 Å². The maximum Gasteiger partial charge on any atom is 0.291 e. The predicted octanol–water partition coefficient (Wildman–Crippen LogP) is 2.92. The number of para-hydroxylation sites is 1. The standard InChI is InChI=1S/C16H20N2O4S/c1-11-9-10-22-14(11)15(19)17-12-7-5-6-8-13(12)23(20,21)18-16(2,3)4/h5-10,18H,1-4H3,(H,17,19). The van der Waals surface area contributed by atoms with Crippen LogP contribution < -0.4 is 10.0 Å². The number of carbonyl (C=O) groups excluding carboxylic acids is 1. The van der Waals surface area contributed by atoms with Crippen LogP contribution in [0.3, 0.4) is 0 Å². The molecule has 2 rings (SSSR count). The number of rotatable bonds is 4. The average Bonchev–Trinajstić information content (AvgIpc) is 2.82. The largest absolute Gasteiger partial charge is 0.459 e. The van der Waals surface area contributed by atoms with Crippen molar-refractivity contribution in [2.75, 3.05) is 5.32 Å². The van der Waals surface area contributed by atoms with Gasteiger partial charge in [-0.15, -0.1) is 0 Å². The summed E-state index contributed by atoms with van der Waals surface area (Å²) in [5, 5.41) is 2.59. The Morgan fingerprint density at radius 1 is 1.13 bits per heavy atom. The third-order valence-corrected chi connectivity index (χ3v) is 4.75. The van der Waals surface area contributed by atoms with Gasteiger partial charge in [0, 0.05) is 11.1 Å². The van der Waals surface area contributed by atoms with E-state index in [9.17, 15) is 13.2 Å². The van der Waals surface area contributed by atoms with Crippen LogP contribution >= 0.6 is 0 Å². The summed E-state index contributed by atoms with van der Waals surface area (Å²) >= 11 is 0. The van der Waals surface area contributed by atoms with Crippen molar-refractivity contribution in [3.05, 3.63) is 47.9 Å². The molecule has 0 spiro atoms. The van der Waals surface area contributed by atoms with Gasteiger partial charge in [-0.05, 0) is 45.9 Å². The first-order chi connectivity index (χ1) is 10.6. The minimum absolute atomic E-state index is 0.00693. The molecule has 0 aliphatic rings. The Labute approximate surface area is 135 Å². The van der Waals surface area contributed by atoms with Gasteiger partial charge in [-0.3, -0.25) is 4.79 Å². The second-order valence-electron chi connectivity index (χ2n) is 6.24. The summed E-state index contributed by atoms with van der Waals surface area (Å²) in [7, 11) is -3.77. The van der Waals surface area contributed by atoms with Crippen molar-refractivity contribution in [2.24, 2.45) is 0 Å². The van der Waals surface area contributed by atoms with E-state index in [-0.39, 0.29) is 16.3 Å². The zero-order valence-corrected chi connectivity index (χ0v) is 14.3. The van der Waals surface area contributed by atoms with E-state index in [1.165, 1.54) is 18.4 Å². The van der Waals surface area contributed by atoms with Gasteiger partial charge in [0.2, 0.25) is 10.0 Å². The molecule has 0 atom stereocenters. The molecule has 0 fully saturated rings. The lowest BCUT2D eigenvalue weighted by Crippen LogP contribution is -2.40.